The van der Waals surface area contributed by atoms with Crippen molar-refractivity contribution in [2.75, 3.05) is 24.0 Å². The Balaban J connectivity index is 2.88. The topological polar surface area (TPSA) is 59.1 Å². The van der Waals surface area contributed by atoms with Gasteiger partial charge in [-0.3, -0.25) is 0 Å². The monoisotopic (exact) mass is 248 g/mol. The van der Waals surface area contributed by atoms with Crippen LogP contribution in [0.15, 0.2) is 23.2 Å². The summed E-state index contributed by atoms with van der Waals surface area (Å²) in [6, 6.07) is 3.13. The first-order valence-corrected chi connectivity index (χ1v) is 6.93. The van der Waals surface area contributed by atoms with Gasteiger partial charge in [-0.2, -0.15) is 0 Å². The Kier molecular flexibility index (Phi) is 4.35. The van der Waals surface area contributed by atoms with Crippen molar-refractivity contribution in [1.29, 1.82) is 0 Å². The molecule has 15 heavy (non-hydrogen) atoms. The fourth-order valence-corrected chi connectivity index (χ4v) is 2.03. The Bertz CT molecular complexity index is 420. The lowest BCUT2D eigenvalue weighted by molar-refractivity contribution is 0.601. The van der Waals surface area contributed by atoms with Crippen LogP contribution < -0.4 is 5.32 Å². The lowest BCUT2D eigenvalue weighted by Gasteiger charge is -2.08. The summed E-state index contributed by atoms with van der Waals surface area (Å²) in [5.74, 6) is 0.929. The van der Waals surface area contributed by atoms with Crippen LogP contribution in [0.1, 0.15) is 6.42 Å². The van der Waals surface area contributed by atoms with Crippen LogP contribution in [0.4, 0.5) is 5.82 Å². The van der Waals surface area contributed by atoms with Crippen LogP contribution in [0.2, 0.25) is 0 Å². The van der Waals surface area contributed by atoms with Gasteiger partial charge in [0.25, 0.3) is 0 Å². The maximum Gasteiger partial charge on any atom is 0.179 e. The van der Waals surface area contributed by atoms with E-state index in [0.29, 0.717) is 18.2 Å². The van der Waals surface area contributed by atoms with Gasteiger partial charge in [0.1, 0.15) is 10.7 Å². The van der Waals surface area contributed by atoms with Gasteiger partial charge < -0.3 is 5.32 Å². The van der Waals surface area contributed by atoms with Crippen molar-refractivity contribution >= 4 is 27.3 Å². The van der Waals surface area contributed by atoms with E-state index in [2.05, 4.69) is 10.3 Å². The summed E-state index contributed by atoms with van der Waals surface area (Å²) >= 11 is 5.52. The zero-order valence-electron chi connectivity index (χ0n) is 8.40. The van der Waals surface area contributed by atoms with Gasteiger partial charge in [-0.1, -0.05) is 0 Å². The number of alkyl halides is 1. The van der Waals surface area contributed by atoms with E-state index < -0.39 is 9.84 Å². The number of rotatable bonds is 5. The molecule has 0 saturated carbocycles. The van der Waals surface area contributed by atoms with Gasteiger partial charge in [0, 0.05) is 24.9 Å². The van der Waals surface area contributed by atoms with Gasteiger partial charge in [0.15, 0.2) is 9.84 Å². The first kappa shape index (κ1) is 12.3. The molecule has 0 amide bonds. The molecular formula is C9H13ClN2O2S. The summed E-state index contributed by atoms with van der Waals surface area (Å²) < 4.78 is 22.8. The molecule has 6 heteroatoms. The van der Waals surface area contributed by atoms with Gasteiger partial charge >= 0.3 is 0 Å². The number of nitrogens with one attached hydrogen (secondary N) is 1. The largest absolute Gasteiger partial charge is 0.369 e. The smallest absolute Gasteiger partial charge is 0.179 e. The predicted octanol–water partition coefficient (Wildman–Crippen LogP) is 1.53. The lowest BCUT2D eigenvalue weighted by Crippen LogP contribution is -2.09. The molecule has 0 radical (unpaired) electrons. The average molecular weight is 249 g/mol. The van der Waals surface area contributed by atoms with Crippen LogP contribution in [0.5, 0.6) is 0 Å². The summed E-state index contributed by atoms with van der Waals surface area (Å²) in [6.45, 7) is 0.614. The molecule has 0 spiro atoms. The number of pyridine rings is 1. The first-order valence-electron chi connectivity index (χ1n) is 4.50. The van der Waals surface area contributed by atoms with E-state index in [9.17, 15) is 8.42 Å². The van der Waals surface area contributed by atoms with Crippen LogP contribution in [0.3, 0.4) is 0 Å². The van der Waals surface area contributed by atoms with Gasteiger partial charge in [-0.15, -0.1) is 11.6 Å². The molecule has 1 aromatic heterocycles. The Labute approximate surface area is 94.6 Å². The number of anilines is 1. The van der Waals surface area contributed by atoms with Crippen molar-refractivity contribution in [3.8, 4) is 0 Å². The summed E-state index contributed by atoms with van der Waals surface area (Å²) in [5.41, 5.74) is 0. The van der Waals surface area contributed by atoms with Gasteiger partial charge in [0.05, 0.1) is 0 Å². The number of sulfone groups is 1. The van der Waals surface area contributed by atoms with E-state index in [1.807, 2.05) is 0 Å². The number of halogens is 1. The Hall–Kier alpha value is -0.810. The summed E-state index contributed by atoms with van der Waals surface area (Å²) in [7, 11) is -3.23. The van der Waals surface area contributed by atoms with Gasteiger partial charge in [-0.05, 0) is 18.6 Å². The van der Waals surface area contributed by atoms with Crippen LogP contribution >= 0.6 is 11.6 Å². The molecule has 0 aliphatic carbocycles. The molecule has 1 heterocycles. The molecule has 1 aromatic rings. The minimum atomic E-state index is -3.23. The molecule has 0 saturated heterocycles. The molecule has 1 N–H and O–H groups in total. The van der Waals surface area contributed by atoms with E-state index in [-0.39, 0.29) is 4.90 Å². The summed E-state index contributed by atoms with van der Waals surface area (Å²) in [5, 5.41) is 2.95. The zero-order chi connectivity index (χ0) is 11.3. The maximum atomic E-state index is 11.4. The summed E-state index contributed by atoms with van der Waals surface area (Å²) in [6.07, 6.45) is 3.48. The second kappa shape index (κ2) is 5.32. The van der Waals surface area contributed by atoms with Crippen molar-refractivity contribution in [1.82, 2.24) is 4.98 Å². The fraction of sp³-hybridized carbons (Fsp3) is 0.444. The molecule has 0 atom stereocenters. The number of aromatic nitrogens is 1. The quantitative estimate of drug-likeness (QED) is 0.634. The number of nitrogens with zero attached hydrogens (tertiary/aromatic N) is 1. The summed E-state index contributed by atoms with van der Waals surface area (Å²) in [4.78, 5) is 4.21. The SMILES string of the molecule is CS(=O)(=O)c1cccnc1NCCCCl. The Morgan fingerprint density at radius 1 is 1.53 bits per heavy atom. The highest BCUT2D eigenvalue weighted by molar-refractivity contribution is 7.90. The average Bonchev–Trinajstić information content (AvgIpc) is 2.17. The molecular weight excluding hydrogens is 236 g/mol. The molecule has 4 nitrogen and oxygen atoms in total. The molecule has 0 aliphatic rings. The van der Waals surface area contributed by atoms with Crippen LogP contribution in [0, 0.1) is 0 Å². The minimum absolute atomic E-state index is 0.222. The molecule has 0 fully saturated rings. The molecule has 0 bridgehead atoms. The standard InChI is InChI=1S/C9H13ClN2O2S/c1-15(13,14)8-4-2-6-11-9(8)12-7-3-5-10/h2,4,6H,3,5,7H2,1H3,(H,11,12). The highest BCUT2D eigenvalue weighted by Crippen LogP contribution is 2.17. The fourth-order valence-electron chi connectivity index (χ4n) is 1.10. The van der Waals surface area contributed by atoms with E-state index in [1.54, 1.807) is 12.3 Å². The van der Waals surface area contributed by atoms with Crippen molar-refractivity contribution in [3.63, 3.8) is 0 Å². The number of hydrogen-bond donors (Lipinski definition) is 1. The van der Waals surface area contributed by atoms with E-state index in [1.165, 1.54) is 6.07 Å². The second-order valence-electron chi connectivity index (χ2n) is 3.09. The maximum absolute atomic E-state index is 11.4. The normalized spacial score (nSPS) is 11.3. The number of hydrogen-bond acceptors (Lipinski definition) is 4. The molecule has 0 unspecified atom stereocenters. The van der Waals surface area contributed by atoms with Crippen molar-refractivity contribution < 1.29 is 8.42 Å². The predicted molar refractivity (Wildman–Crippen MR) is 61.2 cm³/mol. The van der Waals surface area contributed by atoms with Crippen molar-refractivity contribution in [2.24, 2.45) is 0 Å². The van der Waals surface area contributed by atoms with Crippen molar-refractivity contribution in [2.45, 2.75) is 11.3 Å². The van der Waals surface area contributed by atoms with E-state index in [4.69, 9.17) is 11.6 Å². The molecule has 0 aromatic carbocycles. The third-order valence-corrected chi connectivity index (χ3v) is 3.17. The highest BCUT2D eigenvalue weighted by atomic mass is 35.5. The molecule has 84 valence electrons. The third kappa shape index (κ3) is 3.68. The second-order valence-corrected chi connectivity index (χ2v) is 5.45. The lowest BCUT2D eigenvalue weighted by atomic mass is 10.4. The zero-order valence-corrected chi connectivity index (χ0v) is 9.98. The van der Waals surface area contributed by atoms with E-state index >= 15 is 0 Å². The van der Waals surface area contributed by atoms with E-state index in [0.717, 1.165) is 12.7 Å². The Morgan fingerprint density at radius 3 is 2.87 bits per heavy atom. The van der Waals surface area contributed by atoms with Crippen LogP contribution in [0.25, 0.3) is 0 Å². The molecule has 0 aliphatic heterocycles. The Morgan fingerprint density at radius 2 is 2.27 bits per heavy atom. The van der Waals surface area contributed by atoms with Crippen molar-refractivity contribution in [3.05, 3.63) is 18.3 Å². The minimum Gasteiger partial charge on any atom is -0.369 e. The van der Waals surface area contributed by atoms with Crippen LogP contribution in [-0.2, 0) is 9.84 Å². The highest BCUT2D eigenvalue weighted by Gasteiger charge is 2.12. The van der Waals surface area contributed by atoms with Gasteiger partial charge in [-0.25, -0.2) is 13.4 Å². The first-order chi connectivity index (χ1) is 7.05. The van der Waals surface area contributed by atoms with Gasteiger partial charge in [0.2, 0.25) is 0 Å². The molecule has 1 rings (SSSR count). The van der Waals surface area contributed by atoms with Crippen LogP contribution in [-0.4, -0.2) is 32.1 Å². The third-order valence-electron chi connectivity index (χ3n) is 1.77.